The van der Waals surface area contributed by atoms with Gasteiger partial charge in [0.15, 0.2) is 0 Å². The van der Waals surface area contributed by atoms with E-state index in [1.54, 1.807) is 4.90 Å². The number of amides is 1. The number of H-pyrrole nitrogens is 1. The minimum absolute atomic E-state index is 0.128. The van der Waals surface area contributed by atoms with Gasteiger partial charge in [-0.1, -0.05) is 6.92 Å². The molecule has 1 aromatic heterocycles. The molecule has 19 heavy (non-hydrogen) atoms. The second-order valence-electron chi connectivity index (χ2n) is 4.91. The van der Waals surface area contributed by atoms with Crippen molar-refractivity contribution in [1.29, 1.82) is 0 Å². The first-order valence-corrected chi connectivity index (χ1v) is 6.23. The lowest BCUT2D eigenvalue weighted by molar-refractivity contribution is -0.136. The van der Waals surface area contributed by atoms with E-state index in [4.69, 9.17) is 0 Å². The molecule has 1 aromatic rings. The molecule has 1 fully saturated rings. The Morgan fingerprint density at radius 2 is 2.26 bits per heavy atom. The fourth-order valence-electron chi connectivity index (χ4n) is 2.09. The molecule has 1 aliphatic rings. The van der Waals surface area contributed by atoms with Crippen molar-refractivity contribution < 1.29 is 9.90 Å². The summed E-state index contributed by atoms with van der Waals surface area (Å²) in [5.74, 6) is -0.0556. The zero-order valence-corrected chi connectivity index (χ0v) is 10.7. The Balaban J connectivity index is 2.05. The van der Waals surface area contributed by atoms with Gasteiger partial charge >= 0.3 is 5.69 Å². The molecule has 0 saturated carbocycles. The third-order valence-corrected chi connectivity index (χ3v) is 3.47. The van der Waals surface area contributed by atoms with Crippen molar-refractivity contribution in [3.63, 3.8) is 0 Å². The second-order valence-corrected chi connectivity index (χ2v) is 4.91. The van der Waals surface area contributed by atoms with Crippen LogP contribution < -0.4 is 11.2 Å². The summed E-state index contributed by atoms with van der Waals surface area (Å²) in [5.41, 5.74) is -1.09. The van der Waals surface area contributed by atoms with Gasteiger partial charge in [0.2, 0.25) is 5.91 Å². The SMILES string of the molecule is CC1CCN(C(=O)Cn2ccc(=O)[nH]c2=O)CC1O. The van der Waals surface area contributed by atoms with Gasteiger partial charge in [-0.05, 0) is 12.3 Å². The molecule has 2 heterocycles. The molecule has 1 saturated heterocycles. The molecular weight excluding hydrogens is 250 g/mol. The van der Waals surface area contributed by atoms with Crippen LogP contribution in [0.2, 0.25) is 0 Å². The highest BCUT2D eigenvalue weighted by molar-refractivity contribution is 5.76. The fourth-order valence-corrected chi connectivity index (χ4v) is 2.09. The maximum Gasteiger partial charge on any atom is 0.328 e. The number of nitrogens with one attached hydrogen (secondary N) is 1. The number of hydrogen-bond acceptors (Lipinski definition) is 4. The standard InChI is InChI=1S/C12H17N3O4/c1-8-2-4-14(6-9(8)16)11(18)7-15-5-3-10(17)13-12(15)19/h3,5,8-9,16H,2,4,6-7H2,1H3,(H,13,17,19). The van der Waals surface area contributed by atoms with Crippen molar-refractivity contribution in [3.05, 3.63) is 33.1 Å². The van der Waals surface area contributed by atoms with Crippen molar-refractivity contribution >= 4 is 5.91 Å². The van der Waals surface area contributed by atoms with E-state index in [2.05, 4.69) is 4.98 Å². The highest BCUT2D eigenvalue weighted by atomic mass is 16.3. The monoisotopic (exact) mass is 267 g/mol. The van der Waals surface area contributed by atoms with Crippen LogP contribution in [0.15, 0.2) is 21.9 Å². The van der Waals surface area contributed by atoms with E-state index < -0.39 is 17.4 Å². The maximum atomic E-state index is 12.0. The summed E-state index contributed by atoms with van der Waals surface area (Å²) >= 11 is 0. The molecule has 2 unspecified atom stereocenters. The number of β-amino-alcohol motifs (C(OH)–C–C–N with tert-alkyl or cyclic N) is 1. The highest BCUT2D eigenvalue weighted by Crippen LogP contribution is 2.16. The molecule has 0 aromatic carbocycles. The third-order valence-electron chi connectivity index (χ3n) is 3.47. The first-order chi connectivity index (χ1) is 8.97. The molecule has 1 amide bonds. The number of piperidine rings is 1. The number of aromatic amines is 1. The second kappa shape index (κ2) is 5.40. The van der Waals surface area contributed by atoms with Crippen molar-refractivity contribution in [2.24, 2.45) is 5.92 Å². The molecule has 0 radical (unpaired) electrons. The number of aliphatic hydroxyl groups is 1. The predicted molar refractivity (Wildman–Crippen MR) is 67.7 cm³/mol. The lowest BCUT2D eigenvalue weighted by Gasteiger charge is -2.34. The van der Waals surface area contributed by atoms with Crippen LogP contribution in [0, 0.1) is 5.92 Å². The van der Waals surface area contributed by atoms with Gasteiger partial charge < -0.3 is 10.0 Å². The van der Waals surface area contributed by atoms with Gasteiger partial charge in [0.25, 0.3) is 5.56 Å². The largest absolute Gasteiger partial charge is 0.391 e. The number of carbonyl (C=O) groups is 1. The van der Waals surface area contributed by atoms with Gasteiger partial charge in [-0.3, -0.25) is 19.1 Å². The molecular formula is C12H17N3O4. The van der Waals surface area contributed by atoms with Crippen LogP contribution >= 0.6 is 0 Å². The van der Waals surface area contributed by atoms with E-state index in [0.29, 0.717) is 6.54 Å². The maximum absolute atomic E-state index is 12.0. The topological polar surface area (TPSA) is 95.4 Å². The van der Waals surface area contributed by atoms with Gasteiger partial charge in [-0.25, -0.2) is 4.79 Å². The summed E-state index contributed by atoms with van der Waals surface area (Å²) in [7, 11) is 0. The first-order valence-electron chi connectivity index (χ1n) is 6.23. The summed E-state index contributed by atoms with van der Waals surface area (Å²) in [6.45, 7) is 2.68. The number of carbonyl (C=O) groups excluding carboxylic acids is 1. The van der Waals surface area contributed by atoms with Crippen molar-refractivity contribution in [2.75, 3.05) is 13.1 Å². The zero-order valence-electron chi connectivity index (χ0n) is 10.7. The quantitative estimate of drug-likeness (QED) is 0.701. The molecule has 2 atom stereocenters. The van der Waals surface area contributed by atoms with Gasteiger partial charge in [0, 0.05) is 25.4 Å². The highest BCUT2D eigenvalue weighted by Gasteiger charge is 2.27. The summed E-state index contributed by atoms with van der Waals surface area (Å²) in [4.78, 5) is 38.0. The van der Waals surface area contributed by atoms with E-state index in [9.17, 15) is 19.5 Å². The van der Waals surface area contributed by atoms with E-state index in [-0.39, 0.29) is 24.9 Å². The van der Waals surface area contributed by atoms with Crippen LogP contribution in [0.1, 0.15) is 13.3 Å². The van der Waals surface area contributed by atoms with E-state index in [1.165, 1.54) is 12.3 Å². The minimum Gasteiger partial charge on any atom is -0.391 e. The summed E-state index contributed by atoms with van der Waals surface area (Å²) in [6, 6.07) is 1.20. The average Bonchev–Trinajstić information content (AvgIpc) is 2.36. The Morgan fingerprint density at radius 3 is 2.89 bits per heavy atom. The van der Waals surface area contributed by atoms with E-state index in [0.717, 1.165) is 11.0 Å². The van der Waals surface area contributed by atoms with Crippen LogP contribution in [0.5, 0.6) is 0 Å². The van der Waals surface area contributed by atoms with Gasteiger partial charge in [0.05, 0.1) is 6.10 Å². The third kappa shape index (κ3) is 3.11. The number of likely N-dealkylation sites (tertiary alicyclic amines) is 1. The van der Waals surface area contributed by atoms with Crippen LogP contribution in [-0.4, -0.2) is 44.7 Å². The molecule has 0 aliphatic carbocycles. The zero-order chi connectivity index (χ0) is 14.0. The summed E-state index contributed by atoms with van der Waals surface area (Å²) in [5, 5.41) is 9.74. The summed E-state index contributed by atoms with van der Waals surface area (Å²) < 4.78 is 1.15. The molecule has 0 spiro atoms. The molecule has 2 N–H and O–H groups in total. The predicted octanol–water partition coefficient (Wildman–Crippen LogP) is -1.23. The Hall–Kier alpha value is -1.89. The average molecular weight is 267 g/mol. The van der Waals surface area contributed by atoms with Gasteiger partial charge in [-0.2, -0.15) is 0 Å². The van der Waals surface area contributed by atoms with Crippen molar-refractivity contribution in [3.8, 4) is 0 Å². The van der Waals surface area contributed by atoms with Crippen LogP contribution in [0.3, 0.4) is 0 Å². The van der Waals surface area contributed by atoms with Gasteiger partial charge in [0.1, 0.15) is 6.54 Å². The molecule has 2 rings (SSSR count). The number of aliphatic hydroxyl groups excluding tert-OH is 1. The number of aromatic nitrogens is 2. The Bertz CT molecular complexity index is 577. The smallest absolute Gasteiger partial charge is 0.328 e. The minimum atomic E-state index is -0.605. The van der Waals surface area contributed by atoms with Crippen molar-refractivity contribution in [2.45, 2.75) is 26.0 Å². The molecule has 104 valence electrons. The van der Waals surface area contributed by atoms with E-state index >= 15 is 0 Å². The molecule has 7 heteroatoms. The Kier molecular flexibility index (Phi) is 3.84. The number of nitrogens with zero attached hydrogens (tertiary/aromatic N) is 2. The Morgan fingerprint density at radius 1 is 1.53 bits per heavy atom. The fraction of sp³-hybridized carbons (Fsp3) is 0.583. The summed E-state index contributed by atoms with van der Waals surface area (Å²) in [6.07, 6.45) is 1.51. The molecule has 0 bridgehead atoms. The first kappa shape index (κ1) is 13.5. The van der Waals surface area contributed by atoms with Crippen LogP contribution in [-0.2, 0) is 11.3 Å². The molecule has 1 aliphatic heterocycles. The van der Waals surface area contributed by atoms with Crippen LogP contribution in [0.4, 0.5) is 0 Å². The Labute approximate surface area is 109 Å². The van der Waals surface area contributed by atoms with E-state index in [1.807, 2.05) is 6.92 Å². The normalized spacial score (nSPS) is 23.4. The lowest BCUT2D eigenvalue weighted by Crippen LogP contribution is -2.47. The van der Waals surface area contributed by atoms with Crippen molar-refractivity contribution in [1.82, 2.24) is 14.5 Å². The molecule has 7 nitrogen and oxygen atoms in total. The lowest BCUT2D eigenvalue weighted by atomic mass is 9.96. The van der Waals surface area contributed by atoms with Gasteiger partial charge in [-0.15, -0.1) is 0 Å². The van der Waals surface area contributed by atoms with Crippen LogP contribution in [0.25, 0.3) is 0 Å². The number of rotatable bonds is 2. The number of hydrogen-bond donors (Lipinski definition) is 2.